The summed E-state index contributed by atoms with van der Waals surface area (Å²) in [5, 5.41) is 31.6. The minimum absolute atomic E-state index is 0.0145. The quantitative estimate of drug-likeness (QED) is 0.0486. The molecule has 0 saturated carbocycles. The fourth-order valence-corrected chi connectivity index (χ4v) is 7.58. The molecule has 2 saturated heterocycles. The van der Waals surface area contributed by atoms with Gasteiger partial charge in [0.15, 0.2) is 34.8 Å². The maximum Gasteiger partial charge on any atom is 0.472 e. The third-order valence-corrected chi connectivity index (χ3v) is 10.4. The van der Waals surface area contributed by atoms with Crippen LogP contribution in [-0.4, -0.2) is 137 Å². The highest BCUT2D eigenvalue weighted by molar-refractivity contribution is 7.47. The number of aliphatic hydroxyl groups excluding tert-OH is 3. The number of nitrogens with two attached hydrogens (primary N) is 2. The second kappa shape index (κ2) is 15.8. The smallest absolute Gasteiger partial charge is 0.388 e. The molecule has 0 bridgehead atoms. The van der Waals surface area contributed by atoms with Gasteiger partial charge in [-0.3, -0.25) is 51.3 Å². The number of fused-ring (bicyclic) bond motifs is 2. The Morgan fingerprint density at radius 2 is 1.29 bits per heavy atom. The fourth-order valence-electron chi connectivity index (χ4n) is 5.52. The Balaban J connectivity index is 1.00. The third-order valence-electron chi connectivity index (χ3n) is 7.91. The second-order valence-corrected chi connectivity index (χ2v) is 16.0. The van der Waals surface area contributed by atoms with Crippen molar-refractivity contribution in [2.45, 2.75) is 55.5 Å². The lowest BCUT2D eigenvalue weighted by Crippen LogP contribution is -2.33. The number of nitrogens with one attached hydrogen (secondary N) is 2. The fraction of sp³-hybridized carbons (Fsp3) is 0.565. The van der Waals surface area contributed by atoms with E-state index in [2.05, 4.69) is 34.4 Å². The number of aromatic amines is 2. The molecule has 2 aliphatic rings. The van der Waals surface area contributed by atoms with Crippen molar-refractivity contribution >= 4 is 57.7 Å². The summed E-state index contributed by atoms with van der Waals surface area (Å²) in [5.41, 5.74) is 9.40. The Morgan fingerprint density at radius 1 is 0.782 bits per heavy atom. The molecule has 0 radical (unpaired) electrons. The number of anilines is 2. The average Bonchev–Trinajstić information content (AvgIpc) is 3.85. The standard InChI is InChI=1S/C23H33N10O19P3/c24-22-28-16-12(18(37)30-22)26-6-32(16)20-10(34)1-8(50-20)2-46-54(42,43)47-3-9(52-53(39,40)41)4-48-55(44,45)49-5-11-14(35)15(36)21(51-11)33-7-27-13-17(33)29-23(25)31-19(13)38/h6-11,14-15,20-21,34-36H,1-5H2,(H,42,43)(H,44,45)(H2,39,40,41)(H3,24,28,30,37)(H3,25,29,31,38)/t8-,9?,10+,11+,14+,15+,20+,21?/m0/s1. The van der Waals surface area contributed by atoms with Gasteiger partial charge in [-0.15, -0.1) is 0 Å². The summed E-state index contributed by atoms with van der Waals surface area (Å²) in [6.45, 7) is -3.95. The molecule has 0 aliphatic carbocycles. The Morgan fingerprint density at radius 3 is 1.82 bits per heavy atom. The molecule has 2 aliphatic heterocycles. The molecule has 32 heteroatoms. The van der Waals surface area contributed by atoms with Crippen LogP contribution in [0.1, 0.15) is 18.9 Å². The van der Waals surface area contributed by atoms with Crippen molar-refractivity contribution in [3.63, 3.8) is 0 Å². The van der Waals surface area contributed by atoms with Crippen LogP contribution < -0.4 is 22.6 Å². The van der Waals surface area contributed by atoms with Gasteiger partial charge in [0.1, 0.15) is 30.5 Å². The number of H-pyrrole nitrogens is 2. The van der Waals surface area contributed by atoms with Crippen LogP contribution in [0.4, 0.5) is 11.9 Å². The van der Waals surface area contributed by atoms with Crippen LogP contribution >= 0.6 is 23.5 Å². The average molecular weight is 846 g/mol. The predicted molar refractivity (Wildman–Crippen MR) is 176 cm³/mol. The molecule has 0 spiro atoms. The largest absolute Gasteiger partial charge is 0.472 e. The number of aromatic nitrogens is 8. The molecule has 55 heavy (non-hydrogen) atoms. The third kappa shape index (κ3) is 9.53. The number of nitrogen functional groups attached to an aromatic ring is 2. The highest BCUT2D eigenvalue weighted by Gasteiger charge is 2.46. The van der Waals surface area contributed by atoms with Crippen molar-refractivity contribution in [2.24, 2.45) is 0 Å². The number of ether oxygens (including phenoxy) is 2. The lowest BCUT2D eigenvalue weighted by Gasteiger charge is -2.22. The van der Waals surface area contributed by atoms with Crippen LogP contribution in [0.5, 0.6) is 0 Å². The monoisotopic (exact) mass is 846 g/mol. The first-order valence-electron chi connectivity index (χ1n) is 15.5. The summed E-state index contributed by atoms with van der Waals surface area (Å²) in [4.78, 5) is 83.3. The summed E-state index contributed by atoms with van der Waals surface area (Å²) in [6, 6.07) is 0. The van der Waals surface area contributed by atoms with Crippen molar-refractivity contribution in [3.8, 4) is 0 Å². The van der Waals surface area contributed by atoms with Crippen LogP contribution in [0.25, 0.3) is 22.3 Å². The highest BCUT2D eigenvalue weighted by Crippen LogP contribution is 2.48. The van der Waals surface area contributed by atoms with Gasteiger partial charge < -0.3 is 55.8 Å². The maximum atomic E-state index is 12.6. The number of phosphoric acid groups is 3. The van der Waals surface area contributed by atoms with E-state index in [-0.39, 0.29) is 40.6 Å². The Kier molecular flexibility index (Phi) is 11.8. The van der Waals surface area contributed by atoms with Crippen molar-refractivity contribution in [1.29, 1.82) is 0 Å². The first-order chi connectivity index (χ1) is 25.7. The van der Waals surface area contributed by atoms with Gasteiger partial charge in [-0.05, 0) is 0 Å². The Hall–Kier alpha value is -3.57. The molecule has 4 unspecified atom stereocenters. The number of rotatable bonds is 16. The van der Waals surface area contributed by atoms with Crippen LogP contribution in [0.3, 0.4) is 0 Å². The van der Waals surface area contributed by atoms with Gasteiger partial charge in [-0.2, -0.15) is 9.97 Å². The number of hydrogen-bond acceptors (Lipinski definition) is 21. The molecular weight excluding hydrogens is 813 g/mol. The first kappa shape index (κ1) is 41.1. The SMILES string of the molecule is Nc1nc2c(ncn2C2O[C@H](COP(=O)(O)OCC(COP(=O)(O)OC[C@@H]3C[C@@H](O)[C@H](n4cnc5c(=O)[nH]c(N)nc54)O3)OP(=O)(O)O)[C@@H](O)[C@H]2O)c(=O)[nH]1. The van der Waals surface area contributed by atoms with Gasteiger partial charge in [0.05, 0.1) is 45.2 Å². The molecule has 304 valence electrons. The van der Waals surface area contributed by atoms with E-state index in [9.17, 15) is 58.2 Å². The zero-order chi connectivity index (χ0) is 40.0. The summed E-state index contributed by atoms with van der Waals surface area (Å²) >= 11 is 0. The number of hydrogen-bond donors (Lipinski definition) is 11. The van der Waals surface area contributed by atoms with E-state index >= 15 is 0 Å². The van der Waals surface area contributed by atoms with E-state index < -0.39 is 110 Å². The van der Waals surface area contributed by atoms with Gasteiger partial charge in [-0.1, -0.05) is 0 Å². The van der Waals surface area contributed by atoms with Crippen molar-refractivity contribution in [1.82, 2.24) is 39.0 Å². The van der Waals surface area contributed by atoms with Gasteiger partial charge in [0.2, 0.25) is 11.9 Å². The minimum Gasteiger partial charge on any atom is -0.388 e. The number of phosphoric ester groups is 3. The van der Waals surface area contributed by atoms with E-state index in [1.54, 1.807) is 0 Å². The van der Waals surface area contributed by atoms with Crippen molar-refractivity contribution < 1.29 is 80.7 Å². The lowest BCUT2D eigenvalue weighted by atomic mass is 10.1. The molecule has 4 aromatic rings. The van der Waals surface area contributed by atoms with E-state index in [0.29, 0.717) is 0 Å². The molecule has 2 fully saturated rings. The van der Waals surface area contributed by atoms with Gasteiger partial charge >= 0.3 is 23.5 Å². The summed E-state index contributed by atoms with van der Waals surface area (Å²) < 4.78 is 73.9. The van der Waals surface area contributed by atoms with Crippen LogP contribution in [-0.2, 0) is 45.8 Å². The first-order valence-corrected chi connectivity index (χ1v) is 20.0. The summed E-state index contributed by atoms with van der Waals surface area (Å²) in [6.07, 6.45) is -9.72. The minimum atomic E-state index is -5.38. The highest BCUT2D eigenvalue weighted by atomic mass is 31.2. The molecule has 10 atom stereocenters. The van der Waals surface area contributed by atoms with Gasteiger partial charge in [-0.25, -0.2) is 23.7 Å². The molecule has 4 aromatic heterocycles. The molecular formula is C23H33N10O19P3. The predicted octanol–water partition coefficient (Wildman–Crippen LogP) is -3.57. The number of imidazole rings is 2. The van der Waals surface area contributed by atoms with E-state index in [4.69, 9.17) is 39.0 Å². The van der Waals surface area contributed by atoms with Crippen LogP contribution in [0.2, 0.25) is 0 Å². The Bertz CT molecular complexity index is 2300. The van der Waals surface area contributed by atoms with Crippen molar-refractivity contribution in [2.75, 3.05) is 37.9 Å². The van der Waals surface area contributed by atoms with Gasteiger partial charge in [0, 0.05) is 6.42 Å². The van der Waals surface area contributed by atoms with Crippen molar-refractivity contribution in [3.05, 3.63) is 33.4 Å². The zero-order valence-corrected chi connectivity index (χ0v) is 30.2. The molecule has 6 heterocycles. The number of nitrogens with zero attached hydrogens (tertiary/aromatic N) is 6. The summed E-state index contributed by atoms with van der Waals surface area (Å²) in [7, 11) is -15.6. The topological polar surface area (TPSA) is 437 Å². The summed E-state index contributed by atoms with van der Waals surface area (Å²) in [5.74, 6) is -0.517. The van der Waals surface area contributed by atoms with E-state index in [0.717, 1.165) is 10.9 Å². The second-order valence-electron chi connectivity index (χ2n) is 11.9. The molecule has 6 rings (SSSR count). The molecule has 0 amide bonds. The van der Waals surface area contributed by atoms with Crippen LogP contribution in [0, 0.1) is 0 Å². The Labute approximate surface area is 304 Å². The lowest BCUT2D eigenvalue weighted by molar-refractivity contribution is -0.0532. The molecule has 13 N–H and O–H groups in total. The van der Waals surface area contributed by atoms with E-state index in [1.807, 2.05) is 0 Å². The normalized spacial score (nSPS) is 27.4. The zero-order valence-electron chi connectivity index (χ0n) is 27.5. The van der Waals surface area contributed by atoms with Gasteiger partial charge in [0.25, 0.3) is 11.1 Å². The van der Waals surface area contributed by atoms with Crippen LogP contribution in [0.15, 0.2) is 22.2 Å². The molecule has 29 nitrogen and oxygen atoms in total. The van der Waals surface area contributed by atoms with E-state index in [1.165, 1.54) is 10.9 Å². The molecule has 0 aromatic carbocycles. The maximum absolute atomic E-state index is 12.6. The number of aliphatic hydroxyl groups is 3.